The van der Waals surface area contributed by atoms with Crippen LogP contribution in [0.2, 0.25) is 0 Å². The Morgan fingerprint density at radius 1 is 1.35 bits per heavy atom. The van der Waals surface area contributed by atoms with Gasteiger partial charge in [0.1, 0.15) is 0 Å². The largest absolute Gasteiger partial charge is 0.379 e. The van der Waals surface area contributed by atoms with Gasteiger partial charge in [-0.05, 0) is 25.9 Å². The van der Waals surface area contributed by atoms with Gasteiger partial charge in [0.15, 0.2) is 0 Å². The molecule has 0 aromatic heterocycles. The maximum Gasteiger partial charge on any atom is 0.0594 e. The van der Waals surface area contributed by atoms with Crippen molar-refractivity contribution in [1.29, 1.82) is 0 Å². The molecule has 17 heavy (non-hydrogen) atoms. The van der Waals surface area contributed by atoms with Gasteiger partial charge in [0.25, 0.3) is 0 Å². The van der Waals surface area contributed by atoms with Crippen LogP contribution in [-0.4, -0.2) is 74.9 Å². The predicted molar refractivity (Wildman–Crippen MR) is 70.4 cm³/mol. The molecule has 4 heteroatoms. The van der Waals surface area contributed by atoms with Crippen molar-refractivity contribution in [2.45, 2.75) is 25.8 Å². The zero-order valence-corrected chi connectivity index (χ0v) is 11.2. The summed E-state index contributed by atoms with van der Waals surface area (Å²) < 4.78 is 5.38. The van der Waals surface area contributed by atoms with E-state index in [1.165, 1.54) is 45.6 Å². The fraction of sp³-hybridized carbons (Fsp3) is 1.00. The molecule has 2 rings (SSSR count). The normalized spacial score (nSPS) is 27.5. The highest BCUT2D eigenvalue weighted by Gasteiger charge is 2.20. The number of hydrogen-bond acceptors (Lipinski definition) is 4. The summed E-state index contributed by atoms with van der Waals surface area (Å²) in [6, 6.07) is 0.759. The number of piperidine rings is 1. The van der Waals surface area contributed by atoms with Gasteiger partial charge in [-0.15, -0.1) is 0 Å². The van der Waals surface area contributed by atoms with E-state index in [-0.39, 0.29) is 0 Å². The number of rotatable bonds is 5. The Hall–Kier alpha value is -0.160. The fourth-order valence-corrected chi connectivity index (χ4v) is 2.84. The Labute approximate surface area is 105 Å². The van der Waals surface area contributed by atoms with Gasteiger partial charge in [0.05, 0.1) is 13.2 Å². The highest BCUT2D eigenvalue weighted by atomic mass is 16.5. The van der Waals surface area contributed by atoms with E-state index in [2.05, 4.69) is 22.0 Å². The molecule has 1 atom stereocenters. The van der Waals surface area contributed by atoms with E-state index in [0.29, 0.717) is 0 Å². The van der Waals surface area contributed by atoms with Crippen molar-refractivity contribution in [2.75, 3.05) is 59.0 Å². The molecular formula is C13H27N3O. The third-order valence-corrected chi connectivity index (χ3v) is 4.00. The summed E-state index contributed by atoms with van der Waals surface area (Å²) in [5, 5.41) is 3.51. The summed E-state index contributed by atoms with van der Waals surface area (Å²) in [7, 11) is 0. The molecule has 0 aromatic rings. The van der Waals surface area contributed by atoms with E-state index in [1.54, 1.807) is 0 Å². The first-order chi connectivity index (χ1) is 8.40. The Bertz CT molecular complexity index is 201. The Balaban J connectivity index is 1.70. The zero-order valence-electron chi connectivity index (χ0n) is 11.2. The van der Waals surface area contributed by atoms with E-state index in [9.17, 15) is 0 Å². The van der Waals surface area contributed by atoms with Gasteiger partial charge in [-0.25, -0.2) is 0 Å². The lowest BCUT2D eigenvalue weighted by molar-refractivity contribution is 0.0303. The minimum Gasteiger partial charge on any atom is -0.379 e. The first-order valence-corrected chi connectivity index (χ1v) is 7.15. The van der Waals surface area contributed by atoms with E-state index in [4.69, 9.17) is 4.74 Å². The zero-order chi connectivity index (χ0) is 11.9. The molecule has 100 valence electrons. The van der Waals surface area contributed by atoms with Crippen LogP contribution in [0.3, 0.4) is 0 Å². The minimum absolute atomic E-state index is 0.759. The second kappa shape index (κ2) is 7.31. The molecule has 2 aliphatic heterocycles. The average Bonchev–Trinajstić information content (AvgIpc) is 2.42. The minimum atomic E-state index is 0.759. The molecule has 2 fully saturated rings. The van der Waals surface area contributed by atoms with Gasteiger partial charge in [-0.1, -0.05) is 6.92 Å². The summed E-state index contributed by atoms with van der Waals surface area (Å²) in [6.07, 6.45) is 2.70. The van der Waals surface area contributed by atoms with Gasteiger partial charge in [-0.2, -0.15) is 0 Å². The second-order valence-electron chi connectivity index (χ2n) is 5.08. The Kier molecular flexibility index (Phi) is 5.71. The van der Waals surface area contributed by atoms with Gasteiger partial charge < -0.3 is 10.1 Å². The molecule has 0 spiro atoms. The summed E-state index contributed by atoms with van der Waals surface area (Å²) in [4.78, 5) is 5.17. The molecule has 0 aromatic carbocycles. The number of hydrogen-bond donors (Lipinski definition) is 1. The van der Waals surface area contributed by atoms with E-state index in [0.717, 1.165) is 32.3 Å². The SMILES string of the molecule is CCN(CCN1CCOCC1)[C@H]1CCCNC1. The number of likely N-dealkylation sites (N-methyl/N-ethyl adjacent to an activating group) is 1. The molecule has 0 amide bonds. The van der Waals surface area contributed by atoms with E-state index in [1.807, 2.05) is 0 Å². The number of nitrogens with one attached hydrogen (secondary N) is 1. The van der Waals surface area contributed by atoms with Crippen molar-refractivity contribution in [1.82, 2.24) is 15.1 Å². The third-order valence-electron chi connectivity index (χ3n) is 4.00. The molecule has 4 nitrogen and oxygen atoms in total. The molecule has 2 heterocycles. The topological polar surface area (TPSA) is 27.7 Å². The molecular weight excluding hydrogens is 214 g/mol. The number of nitrogens with zero attached hydrogens (tertiary/aromatic N) is 2. The lowest BCUT2D eigenvalue weighted by Gasteiger charge is -2.36. The van der Waals surface area contributed by atoms with Crippen LogP contribution in [0.4, 0.5) is 0 Å². The Morgan fingerprint density at radius 2 is 2.18 bits per heavy atom. The highest BCUT2D eigenvalue weighted by Crippen LogP contribution is 2.10. The van der Waals surface area contributed by atoms with Crippen LogP contribution in [0.25, 0.3) is 0 Å². The van der Waals surface area contributed by atoms with Crippen LogP contribution in [0.5, 0.6) is 0 Å². The summed E-state index contributed by atoms with van der Waals surface area (Å²) in [5.41, 5.74) is 0. The van der Waals surface area contributed by atoms with Crippen molar-refractivity contribution in [3.05, 3.63) is 0 Å². The van der Waals surface area contributed by atoms with Crippen LogP contribution in [-0.2, 0) is 4.74 Å². The molecule has 0 saturated carbocycles. The maximum atomic E-state index is 5.38. The summed E-state index contributed by atoms with van der Waals surface area (Å²) in [5.74, 6) is 0. The number of morpholine rings is 1. The predicted octanol–water partition coefficient (Wildman–Crippen LogP) is 0.393. The van der Waals surface area contributed by atoms with Crippen LogP contribution < -0.4 is 5.32 Å². The van der Waals surface area contributed by atoms with E-state index >= 15 is 0 Å². The molecule has 0 radical (unpaired) electrons. The quantitative estimate of drug-likeness (QED) is 0.754. The fourth-order valence-electron chi connectivity index (χ4n) is 2.84. The first-order valence-electron chi connectivity index (χ1n) is 7.15. The van der Waals surface area contributed by atoms with Crippen LogP contribution in [0.1, 0.15) is 19.8 Å². The summed E-state index contributed by atoms with van der Waals surface area (Å²) >= 11 is 0. The van der Waals surface area contributed by atoms with Crippen molar-refractivity contribution in [2.24, 2.45) is 0 Å². The first kappa shape index (κ1) is 13.3. The molecule has 2 aliphatic rings. The van der Waals surface area contributed by atoms with Crippen LogP contribution >= 0.6 is 0 Å². The molecule has 0 unspecified atom stereocenters. The van der Waals surface area contributed by atoms with Gasteiger partial charge in [0.2, 0.25) is 0 Å². The van der Waals surface area contributed by atoms with Crippen LogP contribution in [0, 0.1) is 0 Å². The van der Waals surface area contributed by atoms with Gasteiger partial charge in [-0.3, -0.25) is 9.80 Å². The van der Waals surface area contributed by atoms with Crippen molar-refractivity contribution in [3.63, 3.8) is 0 Å². The lowest BCUT2D eigenvalue weighted by atomic mass is 10.1. The standard InChI is InChI=1S/C13H27N3O/c1-2-16(13-4-3-5-14-12-13)7-6-15-8-10-17-11-9-15/h13-14H,2-12H2,1H3/t13-/m0/s1. The average molecular weight is 241 g/mol. The summed E-state index contributed by atoms with van der Waals surface area (Å²) in [6.45, 7) is 12.3. The van der Waals surface area contributed by atoms with Crippen molar-refractivity contribution >= 4 is 0 Å². The highest BCUT2D eigenvalue weighted by molar-refractivity contribution is 4.78. The monoisotopic (exact) mass is 241 g/mol. The molecule has 0 aliphatic carbocycles. The van der Waals surface area contributed by atoms with E-state index < -0.39 is 0 Å². The second-order valence-corrected chi connectivity index (χ2v) is 5.08. The van der Waals surface area contributed by atoms with Crippen molar-refractivity contribution < 1.29 is 4.74 Å². The third kappa shape index (κ3) is 4.21. The lowest BCUT2D eigenvalue weighted by Crippen LogP contribution is -2.49. The maximum absolute atomic E-state index is 5.38. The van der Waals surface area contributed by atoms with Gasteiger partial charge in [0, 0.05) is 38.8 Å². The molecule has 0 bridgehead atoms. The number of ether oxygens (including phenoxy) is 1. The molecule has 2 saturated heterocycles. The van der Waals surface area contributed by atoms with Crippen molar-refractivity contribution in [3.8, 4) is 0 Å². The smallest absolute Gasteiger partial charge is 0.0594 e. The Morgan fingerprint density at radius 3 is 2.82 bits per heavy atom. The molecule has 1 N–H and O–H groups in total. The van der Waals surface area contributed by atoms with Gasteiger partial charge >= 0.3 is 0 Å². The van der Waals surface area contributed by atoms with Crippen LogP contribution in [0.15, 0.2) is 0 Å².